The lowest BCUT2D eigenvalue weighted by Crippen LogP contribution is -2.29. The Morgan fingerprint density at radius 2 is 1.38 bits per heavy atom. The van der Waals surface area contributed by atoms with Gasteiger partial charge in [0.25, 0.3) is 11.8 Å². The molecule has 26 heavy (non-hydrogen) atoms. The lowest BCUT2D eigenvalue weighted by Gasteiger charge is -2.07. The maximum atomic E-state index is 12.2. The number of thiophene rings is 1. The van der Waals surface area contributed by atoms with Crippen LogP contribution < -0.4 is 10.6 Å². The average Bonchev–Trinajstić information content (AvgIpc) is 3.23. The maximum Gasteiger partial charge on any atom is 0.261 e. The number of carbonyl (C=O) groups is 2. The van der Waals surface area contributed by atoms with Crippen molar-refractivity contribution in [3.8, 4) is 11.1 Å². The molecule has 0 aliphatic rings. The molecular formula is C21H20N2O2S. The van der Waals surface area contributed by atoms with Crippen molar-refractivity contribution in [1.29, 1.82) is 0 Å². The number of amides is 2. The maximum absolute atomic E-state index is 12.2. The van der Waals surface area contributed by atoms with Gasteiger partial charge in [0.2, 0.25) is 0 Å². The second kappa shape index (κ2) is 8.97. The zero-order chi connectivity index (χ0) is 18.2. The summed E-state index contributed by atoms with van der Waals surface area (Å²) in [5, 5.41) is 7.60. The molecule has 0 radical (unpaired) electrons. The molecule has 0 atom stereocenters. The second-order valence-electron chi connectivity index (χ2n) is 5.79. The quantitative estimate of drug-likeness (QED) is 0.623. The van der Waals surface area contributed by atoms with Crippen molar-refractivity contribution in [2.45, 2.75) is 6.42 Å². The van der Waals surface area contributed by atoms with E-state index in [2.05, 4.69) is 10.6 Å². The summed E-state index contributed by atoms with van der Waals surface area (Å²) in [5.41, 5.74) is 2.84. The largest absolute Gasteiger partial charge is 0.352 e. The Hall–Kier alpha value is -2.92. The Morgan fingerprint density at radius 3 is 2.04 bits per heavy atom. The van der Waals surface area contributed by atoms with E-state index in [9.17, 15) is 9.59 Å². The van der Waals surface area contributed by atoms with Crippen LogP contribution in [0.2, 0.25) is 0 Å². The summed E-state index contributed by atoms with van der Waals surface area (Å²) >= 11 is 1.41. The first-order chi connectivity index (χ1) is 12.7. The summed E-state index contributed by atoms with van der Waals surface area (Å²) in [7, 11) is 0. The van der Waals surface area contributed by atoms with Crippen LogP contribution in [-0.4, -0.2) is 24.9 Å². The van der Waals surface area contributed by atoms with Crippen molar-refractivity contribution < 1.29 is 9.59 Å². The van der Waals surface area contributed by atoms with Crippen LogP contribution in [0.1, 0.15) is 26.5 Å². The molecule has 2 N–H and O–H groups in total. The minimum atomic E-state index is -0.103. The van der Waals surface area contributed by atoms with E-state index in [1.54, 1.807) is 6.07 Å². The summed E-state index contributed by atoms with van der Waals surface area (Å²) in [6.07, 6.45) is 0.685. The van der Waals surface area contributed by atoms with E-state index in [1.807, 2.05) is 66.0 Å². The van der Waals surface area contributed by atoms with Gasteiger partial charge in [0.05, 0.1) is 4.88 Å². The van der Waals surface area contributed by atoms with Gasteiger partial charge in [-0.15, -0.1) is 11.3 Å². The summed E-state index contributed by atoms with van der Waals surface area (Å²) in [5.74, 6) is -0.169. The van der Waals surface area contributed by atoms with Gasteiger partial charge in [-0.05, 0) is 41.1 Å². The predicted molar refractivity (Wildman–Crippen MR) is 105 cm³/mol. The molecular weight excluding hydrogens is 344 g/mol. The highest BCUT2D eigenvalue weighted by Crippen LogP contribution is 2.19. The van der Waals surface area contributed by atoms with Gasteiger partial charge < -0.3 is 10.6 Å². The fraction of sp³-hybridized carbons (Fsp3) is 0.143. The van der Waals surface area contributed by atoms with Crippen LogP contribution >= 0.6 is 11.3 Å². The van der Waals surface area contributed by atoms with Crippen molar-refractivity contribution in [3.63, 3.8) is 0 Å². The van der Waals surface area contributed by atoms with Crippen LogP contribution in [0.25, 0.3) is 11.1 Å². The first-order valence-corrected chi connectivity index (χ1v) is 9.37. The van der Waals surface area contributed by atoms with Crippen LogP contribution in [0, 0.1) is 0 Å². The zero-order valence-corrected chi connectivity index (χ0v) is 15.1. The van der Waals surface area contributed by atoms with Crippen molar-refractivity contribution in [2.75, 3.05) is 13.1 Å². The number of carbonyl (C=O) groups excluding carboxylic acids is 2. The molecule has 0 saturated heterocycles. The Morgan fingerprint density at radius 1 is 0.731 bits per heavy atom. The lowest BCUT2D eigenvalue weighted by atomic mass is 10.0. The standard InChI is InChI=1S/C21H20N2O2S/c24-20(22-13-5-14-23-21(25)19-8-4-15-26-19)18-11-9-17(10-12-18)16-6-2-1-3-7-16/h1-4,6-12,15H,5,13-14H2,(H,22,24)(H,23,25). The average molecular weight is 364 g/mol. The number of nitrogens with one attached hydrogen (secondary N) is 2. The van der Waals surface area contributed by atoms with E-state index < -0.39 is 0 Å². The molecule has 4 nitrogen and oxygen atoms in total. The SMILES string of the molecule is O=C(NCCCNC(=O)c1cccs1)c1ccc(-c2ccccc2)cc1. The normalized spacial score (nSPS) is 10.3. The Balaban J connectivity index is 1.41. The molecule has 3 rings (SSSR count). The highest BCUT2D eigenvalue weighted by molar-refractivity contribution is 7.12. The number of hydrogen-bond acceptors (Lipinski definition) is 3. The van der Waals surface area contributed by atoms with E-state index in [1.165, 1.54) is 11.3 Å². The first kappa shape index (κ1) is 17.9. The highest BCUT2D eigenvalue weighted by Gasteiger charge is 2.07. The summed E-state index contributed by atoms with van der Waals surface area (Å²) < 4.78 is 0. The molecule has 0 aliphatic heterocycles. The lowest BCUT2D eigenvalue weighted by molar-refractivity contribution is 0.0953. The topological polar surface area (TPSA) is 58.2 Å². The van der Waals surface area contributed by atoms with Crippen molar-refractivity contribution in [2.24, 2.45) is 0 Å². The molecule has 1 aromatic heterocycles. The van der Waals surface area contributed by atoms with Crippen LogP contribution in [0.3, 0.4) is 0 Å². The highest BCUT2D eigenvalue weighted by atomic mass is 32.1. The minimum Gasteiger partial charge on any atom is -0.352 e. The van der Waals surface area contributed by atoms with E-state index in [4.69, 9.17) is 0 Å². The van der Waals surface area contributed by atoms with Gasteiger partial charge in [0, 0.05) is 18.7 Å². The molecule has 0 bridgehead atoms. The third-order valence-electron chi connectivity index (χ3n) is 3.92. The molecule has 132 valence electrons. The molecule has 0 spiro atoms. The van der Waals surface area contributed by atoms with Gasteiger partial charge in [0.15, 0.2) is 0 Å². The van der Waals surface area contributed by atoms with Gasteiger partial charge in [-0.1, -0.05) is 48.5 Å². The second-order valence-corrected chi connectivity index (χ2v) is 6.73. The Bertz CT molecular complexity index is 843. The van der Waals surface area contributed by atoms with E-state index in [0.717, 1.165) is 11.1 Å². The molecule has 3 aromatic rings. The van der Waals surface area contributed by atoms with Crippen molar-refractivity contribution >= 4 is 23.2 Å². The summed E-state index contributed by atoms with van der Waals surface area (Å²) in [6, 6.07) is 21.3. The van der Waals surface area contributed by atoms with E-state index in [0.29, 0.717) is 30.0 Å². The van der Waals surface area contributed by atoms with Crippen LogP contribution in [0.5, 0.6) is 0 Å². The first-order valence-electron chi connectivity index (χ1n) is 8.49. The van der Waals surface area contributed by atoms with Crippen LogP contribution in [0.15, 0.2) is 72.1 Å². The number of rotatable bonds is 7. The van der Waals surface area contributed by atoms with Gasteiger partial charge in [-0.25, -0.2) is 0 Å². The third-order valence-corrected chi connectivity index (χ3v) is 4.79. The van der Waals surface area contributed by atoms with Gasteiger partial charge >= 0.3 is 0 Å². The van der Waals surface area contributed by atoms with Crippen LogP contribution in [0.4, 0.5) is 0 Å². The fourth-order valence-electron chi connectivity index (χ4n) is 2.53. The monoisotopic (exact) mass is 364 g/mol. The molecule has 5 heteroatoms. The van der Waals surface area contributed by atoms with Gasteiger partial charge in [-0.2, -0.15) is 0 Å². The molecule has 2 aromatic carbocycles. The summed E-state index contributed by atoms with van der Waals surface area (Å²) in [4.78, 5) is 24.7. The van der Waals surface area contributed by atoms with E-state index in [-0.39, 0.29) is 11.8 Å². The Kier molecular flexibility index (Phi) is 6.17. The smallest absolute Gasteiger partial charge is 0.261 e. The minimum absolute atomic E-state index is 0.0668. The van der Waals surface area contributed by atoms with E-state index >= 15 is 0 Å². The summed E-state index contributed by atoms with van der Waals surface area (Å²) in [6.45, 7) is 1.05. The molecule has 1 heterocycles. The molecule has 0 saturated carbocycles. The van der Waals surface area contributed by atoms with Crippen LogP contribution in [-0.2, 0) is 0 Å². The van der Waals surface area contributed by atoms with Gasteiger partial charge in [0.1, 0.15) is 0 Å². The fourth-order valence-corrected chi connectivity index (χ4v) is 3.17. The number of benzene rings is 2. The van der Waals surface area contributed by atoms with Crippen molar-refractivity contribution in [3.05, 3.63) is 82.6 Å². The Labute approximate surface area is 156 Å². The predicted octanol–water partition coefficient (Wildman–Crippen LogP) is 3.97. The number of hydrogen-bond donors (Lipinski definition) is 2. The molecule has 0 aliphatic carbocycles. The van der Waals surface area contributed by atoms with Gasteiger partial charge in [-0.3, -0.25) is 9.59 Å². The third kappa shape index (κ3) is 4.80. The van der Waals surface area contributed by atoms with Crippen molar-refractivity contribution in [1.82, 2.24) is 10.6 Å². The zero-order valence-electron chi connectivity index (χ0n) is 14.3. The molecule has 0 fully saturated rings. The molecule has 0 unspecified atom stereocenters. The molecule has 2 amide bonds.